The van der Waals surface area contributed by atoms with Gasteiger partial charge in [0.1, 0.15) is 5.69 Å². The Hall–Kier alpha value is -1.62. The van der Waals surface area contributed by atoms with Crippen LogP contribution in [0.3, 0.4) is 0 Å². The maximum Gasteiger partial charge on any atom is 0.293 e. The van der Waals surface area contributed by atoms with Gasteiger partial charge >= 0.3 is 0 Å². The topological polar surface area (TPSA) is 58.4 Å². The van der Waals surface area contributed by atoms with Crippen LogP contribution in [0, 0.1) is 10.1 Å². The van der Waals surface area contributed by atoms with Crippen molar-refractivity contribution in [2.75, 3.05) is 19.1 Å². The molecule has 0 spiro atoms. The van der Waals surface area contributed by atoms with Gasteiger partial charge in [0, 0.05) is 20.2 Å². The zero-order chi connectivity index (χ0) is 9.84. The number of rotatable bonds is 3. The number of nitrogens with zero attached hydrogens (tertiary/aromatic N) is 2. The third-order valence-electron chi connectivity index (χ3n) is 1.78. The number of nitro groups is 1. The lowest BCUT2D eigenvalue weighted by Gasteiger charge is -2.16. The molecule has 13 heavy (non-hydrogen) atoms. The van der Waals surface area contributed by atoms with Crippen molar-refractivity contribution in [3.8, 4) is 0 Å². The minimum absolute atomic E-state index is 0.0966. The van der Waals surface area contributed by atoms with E-state index in [0.717, 1.165) is 0 Å². The van der Waals surface area contributed by atoms with Crippen LogP contribution in [0.25, 0.3) is 0 Å². The molecule has 1 N–H and O–H groups in total. The standard InChI is InChI=1S/C8H11N3O2/c1-9-10(2)7-5-3-4-6-8(7)11(12)13/h3-6,9H,1-2H3. The van der Waals surface area contributed by atoms with Gasteiger partial charge in [0.2, 0.25) is 0 Å². The summed E-state index contributed by atoms with van der Waals surface area (Å²) in [5, 5.41) is 12.2. The molecule has 0 heterocycles. The summed E-state index contributed by atoms with van der Waals surface area (Å²) in [6.45, 7) is 0. The molecule has 0 aliphatic rings. The highest BCUT2D eigenvalue weighted by Crippen LogP contribution is 2.24. The summed E-state index contributed by atoms with van der Waals surface area (Å²) in [5.74, 6) is 0. The van der Waals surface area contributed by atoms with Gasteiger partial charge < -0.3 is 5.01 Å². The van der Waals surface area contributed by atoms with E-state index >= 15 is 0 Å². The molecule has 0 unspecified atom stereocenters. The fourth-order valence-corrected chi connectivity index (χ4v) is 1.02. The molecule has 0 saturated carbocycles. The predicted octanol–water partition coefficient (Wildman–Crippen LogP) is 1.17. The highest BCUT2D eigenvalue weighted by molar-refractivity contribution is 5.61. The van der Waals surface area contributed by atoms with Crippen molar-refractivity contribution >= 4 is 11.4 Å². The summed E-state index contributed by atoms with van der Waals surface area (Å²) in [6.07, 6.45) is 0. The molecule has 0 radical (unpaired) electrons. The summed E-state index contributed by atoms with van der Waals surface area (Å²) >= 11 is 0. The Kier molecular flexibility index (Phi) is 2.81. The molecule has 5 heteroatoms. The molecule has 1 rings (SSSR count). The molecule has 70 valence electrons. The van der Waals surface area contributed by atoms with Crippen LogP contribution >= 0.6 is 0 Å². The average Bonchev–Trinajstić information content (AvgIpc) is 2.16. The van der Waals surface area contributed by atoms with Crippen LogP contribution in [0.1, 0.15) is 0 Å². The molecular formula is C8H11N3O2. The minimum atomic E-state index is -0.400. The Morgan fingerprint density at radius 2 is 2.08 bits per heavy atom. The predicted molar refractivity (Wildman–Crippen MR) is 50.6 cm³/mol. The van der Waals surface area contributed by atoms with Crippen LogP contribution in [-0.2, 0) is 0 Å². The zero-order valence-electron chi connectivity index (χ0n) is 7.52. The Morgan fingerprint density at radius 1 is 1.46 bits per heavy atom. The third kappa shape index (κ3) is 1.94. The molecule has 0 bridgehead atoms. The minimum Gasteiger partial charge on any atom is -0.306 e. The maximum absolute atomic E-state index is 10.6. The van der Waals surface area contributed by atoms with E-state index in [1.165, 1.54) is 6.07 Å². The van der Waals surface area contributed by atoms with Crippen LogP contribution in [0.15, 0.2) is 24.3 Å². The van der Waals surface area contributed by atoms with Crippen molar-refractivity contribution in [3.05, 3.63) is 34.4 Å². The van der Waals surface area contributed by atoms with Crippen molar-refractivity contribution in [2.45, 2.75) is 0 Å². The van der Waals surface area contributed by atoms with Crippen LogP contribution in [0.4, 0.5) is 11.4 Å². The second-order valence-corrected chi connectivity index (χ2v) is 2.53. The maximum atomic E-state index is 10.6. The van der Waals surface area contributed by atoms with Crippen molar-refractivity contribution in [2.24, 2.45) is 0 Å². The summed E-state index contributed by atoms with van der Waals surface area (Å²) < 4.78 is 0. The number of anilines is 1. The van der Waals surface area contributed by atoms with E-state index in [2.05, 4.69) is 5.43 Å². The monoisotopic (exact) mass is 181 g/mol. The molecule has 0 fully saturated rings. The molecule has 1 aromatic carbocycles. The van der Waals surface area contributed by atoms with Gasteiger partial charge in [0.15, 0.2) is 0 Å². The Morgan fingerprint density at radius 3 is 2.62 bits per heavy atom. The van der Waals surface area contributed by atoms with E-state index in [1.807, 2.05) is 0 Å². The first-order valence-corrected chi connectivity index (χ1v) is 3.81. The number of benzene rings is 1. The fraction of sp³-hybridized carbons (Fsp3) is 0.250. The van der Waals surface area contributed by atoms with Gasteiger partial charge in [0.05, 0.1) is 4.92 Å². The number of nitro benzene ring substituents is 1. The van der Waals surface area contributed by atoms with E-state index in [9.17, 15) is 10.1 Å². The SMILES string of the molecule is CNN(C)c1ccccc1[N+](=O)[O-]. The number of hydrogen-bond donors (Lipinski definition) is 1. The van der Waals surface area contributed by atoms with Gasteiger partial charge in [0.25, 0.3) is 5.69 Å². The van der Waals surface area contributed by atoms with E-state index < -0.39 is 4.92 Å². The zero-order valence-corrected chi connectivity index (χ0v) is 7.52. The van der Waals surface area contributed by atoms with E-state index in [4.69, 9.17) is 0 Å². The van der Waals surface area contributed by atoms with Crippen molar-refractivity contribution in [1.82, 2.24) is 5.43 Å². The van der Waals surface area contributed by atoms with E-state index in [1.54, 1.807) is 37.3 Å². The van der Waals surface area contributed by atoms with E-state index in [0.29, 0.717) is 5.69 Å². The van der Waals surface area contributed by atoms with E-state index in [-0.39, 0.29) is 5.69 Å². The Labute approximate surface area is 76.1 Å². The van der Waals surface area contributed by atoms with Gasteiger partial charge in [-0.1, -0.05) is 12.1 Å². The summed E-state index contributed by atoms with van der Waals surface area (Å²) in [4.78, 5) is 10.2. The molecule has 0 saturated heterocycles. The molecule has 0 aromatic heterocycles. The van der Waals surface area contributed by atoms with Crippen molar-refractivity contribution < 1.29 is 4.92 Å². The lowest BCUT2D eigenvalue weighted by atomic mass is 10.2. The molecule has 0 atom stereocenters. The molecule has 0 aliphatic heterocycles. The molecular weight excluding hydrogens is 170 g/mol. The fourth-order valence-electron chi connectivity index (χ4n) is 1.02. The van der Waals surface area contributed by atoms with Crippen LogP contribution in [-0.4, -0.2) is 19.0 Å². The second-order valence-electron chi connectivity index (χ2n) is 2.53. The highest BCUT2D eigenvalue weighted by atomic mass is 16.6. The van der Waals surface area contributed by atoms with Gasteiger partial charge in [-0.3, -0.25) is 10.1 Å². The second kappa shape index (κ2) is 3.86. The normalized spacial score (nSPS) is 9.69. The molecule has 0 amide bonds. The first kappa shape index (κ1) is 9.47. The summed E-state index contributed by atoms with van der Waals surface area (Å²) in [5.41, 5.74) is 3.45. The number of hydrogen-bond acceptors (Lipinski definition) is 4. The van der Waals surface area contributed by atoms with Gasteiger partial charge in [-0.2, -0.15) is 0 Å². The first-order chi connectivity index (χ1) is 6.16. The van der Waals surface area contributed by atoms with Crippen molar-refractivity contribution in [3.63, 3.8) is 0 Å². The Bertz CT molecular complexity index is 314. The van der Waals surface area contributed by atoms with Crippen molar-refractivity contribution in [1.29, 1.82) is 0 Å². The van der Waals surface area contributed by atoms with Gasteiger partial charge in [-0.05, 0) is 6.07 Å². The molecule has 0 aliphatic carbocycles. The molecule has 1 aromatic rings. The van der Waals surface area contributed by atoms with Gasteiger partial charge in [-0.15, -0.1) is 0 Å². The summed E-state index contributed by atoms with van der Waals surface area (Å²) in [7, 11) is 3.43. The third-order valence-corrected chi connectivity index (χ3v) is 1.78. The van der Waals surface area contributed by atoms with Crippen LogP contribution in [0.2, 0.25) is 0 Å². The summed E-state index contributed by atoms with van der Waals surface area (Å²) in [6, 6.07) is 6.57. The average molecular weight is 181 g/mol. The highest BCUT2D eigenvalue weighted by Gasteiger charge is 2.14. The lowest BCUT2D eigenvalue weighted by Crippen LogP contribution is -2.30. The van der Waals surface area contributed by atoms with Crippen LogP contribution < -0.4 is 10.4 Å². The number of nitrogens with one attached hydrogen (secondary N) is 1. The quantitative estimate of drug-likeness (QED) is 0.561. The number of para-hydroxylation sites is 2. The number of hydrazine groups is 1. The first-order valence-electron chi connectivity index (χ1n) is 3.81. The molecule has 5 nitrogen and oxygen atoms in total. The van der Waals surface area contributed by atoms with Gasteiger partial charge in [-0.25, -0.2) is 5.43 Å². The smallest absolute Gasteiger partial charge is 0.293 e. The largest absolute Gasteiger partial charge is 0.306 e. The van der Waals surface area contributed by atoms with Crippen LogP contribution in [0.5, 0.6) is 0 Å². The lowest BCUT2D eigenvalue weighted by molar-refractivity contribution is -0.384. The Balaban J connectivity index is 3.11.